The molecule has 104 valence electrons. The fourth-order valence-corrected chi connectivity index (χ4v) is 2.63. The number of hydrogen-bond acceptors (Lipinski definition) is 2. The van der Waals surface area contributed by atoms with Crippen LogP contribution < -0.4 is 0 Å². The molecule has 20 heavy (non-hydrogen) atoms. The van der Waals surface area contributed by atoms with Crippen LogP contribution >= 0.6 is 11.3 Å². The fraction of sp³-hybridized carbons (Fsp3) is 0.333. The number of aliphatic hydroxyl groups excluding tert-OH is 1. The molecule has 0 fully saturated rings. The van der Waals surface area contributed by atoms with Gasteiger partial charge >= 0.3 is 0 Å². The molecular weight excluding hydrogens is 264 g/mol. The Morgan fingerprint density at radius 1 is 1.15 bits per heavy atom. The highest BCUT2D eigenvalue weighted by Crippen LogP contribution is 2.20. The van der Waals surface area contributed by atoms with Gasteiger partial charge in [-0.2, -0.15) is 0 Å². The van der Waals surface area contributed by atoms with Crippen LogP contribution in [0.15, 0.2) is 41.8 Å². The summed E-state index contributed by atoms with van der Waals surface area (Å²) >= 11 is 1.64. The third-order valence-electron chi connectivity index (χ3n) is 3.20. The van der Waals surface area contributed by atoms with E-state index in [1.54, 1.807) is 11.3 Å². The topological polar surface area (TPSA) is 20.2 Å². The van der Waals surface area contributed by atoms with Crippen LogP contribution in [-0.2, 0) is 0 Å². The van der Waals surface area contributed by atoms with Crippen LogP contribution in [0.3, 0.4) is 0 Å². The van der Waals surface area contributed by atoms with Crippen molar-refractivity contribution in [2.24, 2.45) is 0 Å². The second-order valence-electron chi connectivity index (χ2n) is 4.86. The number of thiophene rings is 1. The maximum atomic E-state index is 10.2. The van der Waals surface area contributed by atoms with Crippen molar-refractivity contribution in [1.29, 1.82) is 0 Å². The zero-order chi connectivity index (χ0) is 14.2. The summed E-state index contributed by atoms with van der Waals surface area (Å²) in [4.78, 5) is 1.07. The van der Waals surface area contributed by atoms with Gasteiger partial charge < -0.3 is 5.11 Å². The summed E-state index contributed by atoms with van der Waals surface area (Å²) in [5, 5.41) is 12.2. The van der Waals surface area contributed by atoms with E-state index < -0.39 is 0 Å². The number of hydrogen-bond donors (Lipinski definition) is 1. The van der Waals surface area contributed by atoms with Crippen LogP contribution in [0.25, 0.3) is 0 Å². The van der Waals surface area contributed by atoms with Crippen molar-refractivity contribution in [2.45, 2.75) is 38.7 Å². The van der Waals surface area contributed by atoms with Gasteiger partial charge in [0.15, 0.2) is 0 Å². The third kappa shape index (κ3) is 4.52. The summed E-state index contributed by atoms with van der Waals surface area (Å²) in [7, 11) is 0. The predicted octanol–water partition coefficient (Wildman–Crippen LogP) is 4.76. The second-order valence-corrected chi connectivity index (χ2v) is 5.81. The van der Waals surface area contributed by atoms with Gasteiger partial charge in [0.05, 0.1) is 11.0 Å². The molecule has 1 aromatic carbocycles. The van der Waals surface area contributed by atoms with E-state index in [9.17, 15) is 5.11 Å². The maximum Gasteiger partial charge on any atom is 0.0790 e. The van der Waals surface area contributed by atoms with Gasteiger partial charge in [0.1, 0.15) is 0 Å². The van der Waals surface area contributed by atoms with Gasteiger partial charge in [-0.3, -0.25) is 0 Å². The van der Waals surface area contributed by atoms with Gasteiger partial charge in [-0.25, -0.2) is 0 Å². The largest absolute Gasteiger partial charge is 0.388 e. The lowest BCUT2D eigenvalue weighted by molar-refractivity contribution is 0.163. The summed E-state index contributed by atoms with van der Waals surface area (Å²) in [5.74, 6) is 6.31. The summed E-state index contributed by atoms with van der Waals surface area (Å²) in [6.07, 6.45) is 3.89. The number of unbranched alkanes of at least 4 members (excludes halogenated alkanes) is 2. The van der Waals surface area contributed by atoms with E-state index in [1.807, 2.05) is 41.8 Å². The highest BCUT2D eigenvalue weighted by atomic mass is 32.1. The third-order valence-corrected chi connectivity index (χ3v) is 3.99. The van der Waals surface area contributed by atoms with Crippen molar-refractivity contribution in [1.82, 2.24) is 0 Å². The zero-order valence-electron chi connectivity index (χ0n) is 11.8. The Kier molecular flexibility index (Phi) is 5.86. The molecule has 1 nitrogen and oxygen atoms in total. The first kappa shape index (κ1) is 14.8. The molecule has 1 unspecified atom stereocenters. The van der Waals surface area contributed by atoms with Crippen LogP contribution in [0, 0.1) is 11.8 Å². The predicted molar refractivity (Wildman–Crippen MR) is 85.8 cm³/mol. The van der Waals surface area contributed by atoms with Crippen molar-refractivity contribution >= 4 is 11.3 Å². The van der Waals surface area contributed by atoms with E-state index >= 15 is 0 Å². The van der Waals surface area contributed by atoms with E-state index in [0.717, 1.165) is 28.8 Å². The minimum atomic E-state index is -0.370. The second kappa shape index (κ2) is 7.89. The fourth-order valence-electron chi connectivity index (χ4n) is 2.06. The average molecular weight is 284 g/mol. The Balaban J connectivity index is 2.04. The van der Waals surface area contributed by atoms with Gasteiger partial charge in [0.2, 0.25) is 0 Å². The van der Waals surface area contributed by atoms with Gasteiger partial charge in [-0.1, -0.05) is 56.2 Å². The Labute approximate surface area is 125 Å². The zero-order valence-corrected chi connectivity index (χ0v) is 12.6. The summed E-state index contributed by atoms with van der Waals surface area (Å²) in [5.41, 5.74) is 1.93. The minimum absolute atomic E-state index is 0.370. The van der Waals surface area contributed by atoms with Crippen LogP contribution in [0.5, 0.6) is 0 Å². The van der Waals surface area contributed by atoms with E-state index in [2.05, 4.69) is 18.8 Å². The van der Waals surface area contributed by atoms with Gasteiger partial charge in [0, 0.05) is 5.56 Å². The smallest absolute Gasteiger partial charge is 0.0790 e. The average Bonchev–Trinajstić information content (AvgIpc) is 2.99. The molecule has 0 amide bonds. The van der Waals surface area contributed by atoms with Crippen molar-refractivity contribution in [3.8, 4) is 11.8 Å². The van der Waals surface area contributed by atoms with Crippen LogP contribution in [0.1, 0.15) is 54.7 Å². The Morgan fingerprint density at radius 3 is 2.80 bits per heavy atom. The van der Waals surface area contributed by atoms with E-state index in [4.69, 9.17) is 0 Å². The summed E-state index contributed by atoms with van der Waals surface area (Å²) in [6.45, 7) is 2.17. The molecule has 0 saturated heterocycles. The lowest BCUT2D eigenvalue weighted by Crippen LogP contribution is -1.97. The number of aliphatic hydroxyl groups is 1. The van der Waals surface area contributed by atoms with Crippen LogP contribution in [0.2, 0.25) is 0 Å². The van der Waals surface area contributed by atoms with Gasteiger partial charge in [-0.15, -0.1) is 11.3 Å². The molecule has 0 saturated carbocycles. The lowest BCUT2D eigenvalue weighted by Gasteiger charge is -2.10. The first-order valence-corrected chi connectivity index (χ1v) is 8.01. The lowest BCUT2D eigenvalue weighted by atomic mass is 10.0. The van der Waals surface area contributed by atoms with Crippen molar-refractivity contribution in [3.05, 3.63) is 57.8 Å². The van der Waals surface area contributed by atoms with Crippen LogP contribution in [-0.4, -0.2) is 5.11 Å². The number of benzene rings is 1. The minimum Gasteiger partial charge on any atom is -0.388 e. The number of rotatable bonds is 5. The molecule has 0 aliphatic heterocycles. The molecule has 1 N–H and O–H groups in total. The normalized spacial score (nSPS) is 11.7. The SMILES string of the molecule is CCCCCC(O)c1cccc(C#Cc2cccs2)c1. The van der Waals surface area contributed by atoms with Crippen molar-refractivity contribution < 1.29 is 5.11 Å². The van der Waals surface area contributed by atoms with Crippen molar-refractivity contribution in [2.75, 3.05) is 0 Å². The monoisotopic (exact) mass is 284 g/mol. The molecular formula is C18H20OS. The molecule has 0 bridgehead atoms. The molecule has 2 heteroatoms. The first-order valence-electron chi connectivity index (χ1n) is 7.13. The molecule has 2 aromatic rings. The quantitative estimate of drug-likeness (QED) is 0.620. The van der Waals surface area contributed by atoms with E-state index in [0.29, 0.717) is 0 Å². The molecule has 1 atom stereocenters. The summed E-state index contributed by atoms with van der Waals surface area (Å²) in [6, 6.07) is 12.0. The molecule has 0 radical (unpaired) electrons. The maximum absolute atomic E-state index is 10.2. The Morgan fingerprint density at radius 2 is 2.05 bits per heavy atom. The molecule has 0 spiro atoms. The van der Waals surface area contributed by atoms with Gasteiger partial charge in [-0.05, 0) is 35.6 Å². The molecule has 2 rings (SSSR count). The molecule has 1 aromatic heterocycles. The van der Waals surface area contributed by atoms with Crippen molar-refractivity contribution in [3.63, 3.8) is 0 Å². The standard InChI is InChI=1S/C18H20OS/c1-2-3-4-10-18(19)16-8-5-7-15(14-16)11-12-17-9-6-13-20-17/h5-9,13-14,18-19H,2-4,10H2,1H3. The Hall–Kier alpha value is -1.56. The Bertz CT molecular complexity index is 575. The van der Waals surface area contributed by atoms with Crippen LogP contribution in [0.4, 0.5) is 0 Å². The van der Waals surface area contributed by atoms with Gasteiger partial charge in [0.25, 0.3) is 0 Å². The summed E-state index contributed by atoms with van der Waals surface area (Å²) < 4.78 is 0. The molecule has 0 aliphatic carbocycles. The molecule has 0 aliphatic rings. The first-order chi connectivity index (χ1) is 9.79. The van der Waals surface area contributed by atoms with E-state index in [1.165, 1.54) is 12.8 Å². The highest BCUT2D eigenvalue weighted by molar-refractivity contribution is 7.10. The van der Waals surface area contributed by atoms with E-state index in [-0.39, 0.29) is 6.10 Å². The highest BCUT2D eigenvalue weighted by Gasteiger charge is 2.06. The molecule has 1 heterocycles.